The Morgan fingerprint density at radius 3 is 2.80 bits per heavy atom. The Balaban J connectivity index is 1.66. The third-order valence-electron chi connectivity index (χ3n) is 4.87. The van der Waals surface area contributed by atoms with Gasteiger partial charge in [-0.15, -0.1) is 0 Å². The van der Waals surface area contributed by atoms with Gasteiger partial charge in [0.1, 0.15) is 5.69 Å². The van der Waals surface area contributed by atoms with Crippen LogP contribution in [-0.4, -0.2) is 33.2 Å². The molecule has 0 bridgehead atoms. The Kier molecular flexibility index (Phi) is 5.27. The Bertz CT molecular complexity index is 1280. The van der Waals surface area contributed by atoms with Gasteiger partial charge in [0.25, 0.3) is 11.2 Å². The second kappa shape index (κ2) is 8.18. The highest BCUT2D eigenvalue weighted by Crippen LogP contribution is 2.27. The molecule has 9 heteroatoms. The number of pyridine rings is 1. The Morgan fingerprint density at radius 2 is 2.00 bits per heavy atom. The molecule has 2 aromatic carbocycles. The van der Waals surface area contributed by atoms with Gasteiger partial charge < -0.3 is 16.0 Å². The number of fused-ring (bicyclic) bond motifs is 1. The van der Waals surface area contributed by atoms with Crippen LogP contribution >= 0.6 is 0 Å². The lowest BCUT2D eigenvalue weighted by Gasteiger charge is -2.09. The molecule has 0 amide bonds. The minimum absolute atomic E-state index is 0.0433. The van der Waals surface area contributed by atoms with Crippen LogP contribution in [-0.2, 0) is 6.42 Å². The van der Waals surface area contributed by atoms with E-state index in [1.54, 1.807) is 24.5 Å². The molecule has 0 atom stereocenters. The molecule has 4 aromatic rings. The van der Waals surface area contributed by atoms with Crippen LogP contribution in [0.4, 0.5) is 11.4 Å². The lowest BCUT2D eigenvalue weighted by Crippen LogP contribution is -2.14. The first-order valence-electron chi connectivity index (χ1n) is 9.41. The van der Waals surface area contributed by atoms with Crippen LogP contribution in [0, 0.1) is 10.1 Å². The topological polar surface area (TPSA) is 143 Å². The number of nitrogens with one attached hydrogen (secondary N) is 3. The highest BCUT2D eigenvalue weighted by molar-refractivity contribution is 5.83. The first kappa shape index (κ1) is 19.3. The maximum absolute atomic E-state index is 12.4. The monoisotopic (exact) mass is 404 g/mol. The van der Waals surface area contributed by atoms with Crippen LogP contribution in [0.2, 0.25) is 0 Å². The van der Waals surface area contributed by atoms with Gasteiger partial charge in [-0.2, -0.15) is 5.10 Å². The summed E-state index contributed by atoms with van der Waals surface area (Å²) in [5.74, 6) is 0. The summed E-state index contributed by atoms with van der Waals surface area (Å²) >= 11 is 0. The molecule has 0 radical (unpaired) electrons. The lowest BCUT2D eigenvalue weighted by atomic mass is 10.0. The van der Waals surface area contributed by atoms with Crippen molar-refractivity contribution in [2.45, 2.75) is 6.42 Å². The maximum Gasteiger partial charge on any atom is 0.292 e. The van der Waals surface area contributed by atoms with E-state index in [0.717, 1.165) is 22.0 Å². The van der Waals surface area contributed by atoms with Crippen molar-refractivity contribution in [3.63, 3.8) is 0 Å². The first-order valence-corrected chi connectivity index (χ1v) is 9.41. The summed E-state index contributed by atoms with van der Waals surface area (Å²) in [6, 6.07) is 12.6. The summed E-state index contributed by atoms with van der Waals surface area (Å²) in [6.07, 6.45) is 3.68. The molecule has 2 aromatic heterocycles. The number of hydrogen-bond donors (Lipinski definition) is 4. The zero-order valence-electron chi connectivity index (χ0n) is 16.0. The summed E-state index contributed by atoms with van der Waals surface area (Å²) in [6.45, 7) is 0.800. The van der Waals surface area contributed by atoms with Gasteiger partial charge in [-0.05, 0) is 34.9 Å². The standard InChI is InChI=1S/C21H20N6O3/c22-5-6-23-18-4-1-13(8-20(18)27(29)30)7-16-9-17(11-24-21(16)28)14-2-3-15-12-25-26-19(15)10-14/h1-4,8-12,23H,5-7,22H2,(H,24,28)(H,25,26). The number of aromatic nitrogens is 3. The zero-order chi connectivity index (χ0) is 21.1. The van der Waals surface area contributed by atoms with E-state index in [0.29, 0.717) is 29.9 Å². The van der Waals surface area contributed by atoms with Gasteiger partial charge in [0.2, 0.25) is 0 Å². The van der Waals surface area contributed by atoms with E-state index >= 15 is 0 Å². The first-order chi connectivity index (χ1) is 14.5. The average molecular weight is 404 g/mol. The summed E-state index contributed by atoms with van der Waals surface area (Å²) in [4.78, 5) is 26.1. The third-order valence-corrected chi connectivity index (χ3v) is 4.87. The summed E-state index contributed by atoms with van der Waals surface area (Å²) in [7, 11) is 0. The number of anilines is 1. The van der Waals surface area contributed by atoms with Crippen molar-refractivity contribution in [3.8, 4) is 11.1 Å². The molecule has 0 saturated carbocycles. The minimum Gasteiger partial charge on any atom is -0.378 e. The molecule has 0 aliphatic heterocycles. The number of H-pyrrole nitrogens is 2. The molecular weight excluding hydrogens is 384 g/mol. The third kappa shape index (κ3) is 3.91. The molecule has 30 heavy (non-hydrogen) atoms. The molecule has 0 spiro atoms. The Hall–Kier alpha value is -3.98. The van der Waals surface area contributed by atoms with Crippen LogP contribution in [0.3, 0.4) is 0 Å². The van der Waals surface area contributed by atoms with Crippen molar-refractivity contribution in [2.24, 2.45) is 5.73 Å². The molecule has 4 rings (SSSR count). The smallest absolute Gasteiger partial charge is 0.292 e. The van der Waals surface area contributed by atoms with Gasteiger partial charge in [0, 0.05) is 42.7 Å². The molecule has 0 aliphatic carbocycles. The fraction of sp³-hybridized carbons (Fsp3) is 0.143. The molecule has 2 heterocycles. The van der Waals surface area contributed by atoms with Crippen molar-refractivity contribution in [2.75, 3.05) is 18.4 Å². The van der Waals surface area contributed by atoms with Crippen LogP contribution in [0.1, 0.15) is 11.1 Å². The summed E-state index contributed by atoms with van der Waals surface area (Å²) < 4.78 is 0. The molecule has 0 aliphatic rings. The maximum atomic E-state index is 12.4. The van der Waals surface area contributed by atoms with E-state index in [-0.39, 0.29) is 17.7 Å². The molecule has 0 saturated heterocycles. The van der Waals surface area contributed by atoms with Crippen LogP contribution in [0.15, 0.2) is 59.7 Å². The van der Waals surface area contributed by atoms with Gasteiger partial charge in [-0.1, -0.05) is 18.2 Å². The predicted octanol–water partition coefficient (Wildman–Crippen LogP) is 2.79. The quantitative estimate of drug-likeness (QED) is 0.275. The number of nitro benzene ring substituents is 1. The van der Waals surface area contributed by atoms with Gasteiger partial charge in [0.05, 0.1) is 16.6 Å². The average Bonchev–Trinajstić information content (AvgIpc) is 3.22. The van der Waals surface area contributed by atoms with Crippen molar-refractivity contribution < 1.29 is 4.92 Å². The number of nitrogens with zero attached hydrogens (tertiary/aromatic N) is 2. The van der Waals surface area contributed by atoms with E-state index in [2.05, 4.69) is 20.5 Å². The largest absolute Gasteiger partial charge is 0.378 e. The molecular formula is C21H20N6O3. The Labute approximate surface area is 171 Å². The molecule has 152 valence electrons. The normalized spacial score (nSPS) is 11.0. The van der Waals surface area contributed by atoms with E-state index in [9.17, 15) is 14.9 Å². The highest BCUT2D eigenvalue weighted by Gasteiger charge is 2.15. The molecule has 9 nitrogen and oxygen atoms in total. The van der Waals surface area contributed by atoms with Gasteiger partial charge in [0.15, 0.2) is 0 Å². The van der Waals surface area contributed by atoms with Crippen molar-refractivity contribution >= 4 is 22.3 Å². The fourth-order valence-electron chi connectivity index (χ4n) is 3.36. The summed E-state index contributed by atoms with van der Waals surface area (Å²) in [5, 5.41) is 22.3. The van der Waals surface area contributed by atoms with E-state index in [4.69, 9.17) is 5.73 Å². The SMILES string of the molecule is NCCNc1ccc(Cc2cc(-c3ccc4cn[nH]c4c3)c[nH]c2=O)cc1[N+](=O)[O-]. The number of nitro groups is 1. The molecule has 0 unspecified atom stereocenters. The Morgan fingerprint density at radius 1 is 1.13 bits per heavy atom. The van der Waals surface area contributed by atoms with E-state index < -0.39 is 4.92 Å². The molecule has 5 N–H and O–H groups in total. The van der Waals surface area contributed by atoms with Gasteiger partial charge in [-0.25, -0.2) is 0 Å². The van der Waals surface area contributed by atoms with Gasteiger partial charge >= 0.3 is 0 Å². The fourth-order valence-corrected chi connectivity index (χ4v) is 3.36. The summed E-state index contributed by atoms with van der Waals surface area (Å²) in [5.41, 5.74) is 9.46. The zero-order valence-corrected chi connectivity index (χ0v) is 16.0. The van der Waals surface area contributed by atoms with Crippen molar-refractivity contribution in [1.82, 2.24) is 15.2 Å². The molecule has 0 fully saturated rings. The predicted molar refractivity (Wildman–Crippen MR) is 116 cm³/mol. The second-order valence-corrected chi connectivity index (χ2v) is 6.92. The van der Waals surface area contributed by atoms with E-state index in [1.807, 2.05) is 24.3 Å². The number of hydrogen-bond acceptors (Lipinski definition) is 6. The number of rotatable bonds is 7. The van der Waals surface area contributed by atoms with E-state index in [1.165, 1.54) is 6.07 Å². The highest BCUT2D eigenvalue weighted by atomic mass is 16.6. The van der Waals surface area contributed by atoms with Crippen LogP contribution in [0.5, 0.6) is 0 Å². The van der Waals surface area contributed by atoms with Gasteiger partial charge in [-0.3, -0.25) is 20.0 Å². The van der Waals surface area contributed by atoms with Crippen molar-refractivity contribution in [3.05, 3.63) is 86.5 Å². The number of aromatic amines is 2. The number of nitrogens with two attached hydrogens (primary N) is 1. The van der Waals surface area contributed by atoms with Crippen molar-refractivity contribution in [1.29, 1.82) is 0 Å². The van der Waals surface area contributed by atoms with Crippen LogP contribution in [0.25, 0.3) is 22.0 Å². The lowest BCUT2D eigenvalue weighted by molar-refractivity contribution is -0.384. The minimum atomic E-state index is -0.442. The second-order valence-electron chi connectivity index (χ2n) is 6.92. The number of benzene rings is 2. The van der Waals surface area contributed by atoms with Crippen LogP contribution < -0.4 is 16.6 Å².